The van der Waals surface area contributed by atoms with Crippen molar-refractivity contribution in [3.8, 4) is 11.1 Å². The summed E-state index contributed by atoms with van der Waals surface area (Å²) < 4.78 is 14.2. The molecule has 0 atom stereocenters. The number of nitrogens with two attached hydrogens (primary N) is 1. The largest absolute Gasteiger partial charge is 0.324 e. The SMILES string of the molecule is Cc1ccc(C(=O)CN)cc1-c1cccc(C)c1F. The summed E-state index contributed by atoms with van der Waals surface area (Å²) in [6.45, 7) is 3.58. The van der Waals surface area contributed by atoms with E-state index in [2.05, 4.69) is 0 Å². The quantitative estimate of drug-likeness (QED) is 0.858. The monoisotopic (exact) mass is 257 g/mol. The summed E-state index contributed by atoms with van der Waals surface area (Å²) in [6.07, 6.45) is 0. The van der Waals surface area contributed by atoms with Gasteiger partial charge >= 0.3 is 0 Å². The molecule has 0 spiro atoms. The van der Waals surface area contributed by atoms with E-state index in [1.807, 2.05) is 19.1 Å². The van der Waals surface area contributed by atoms with Gasteiger partial charge in [-0.05, 0) is 36.6 Å². The molecular formula is C16H16FNO. The fourth-order valence-electron chi connectivity index (χ4n) is 2.06. The first-order valence-electron chi connectivity index (χ1n) is 6.14. The molecule has 0 saturated heterocycles. The van der Waals surface area contributed by atoms with E-state index in [4.69, 9.17) is 5.73 Å². The second-order valence-corrected chi connectivity index (χ2v) is 4.59. The van der Waals surface area contributed by atoms with Gasteiger partial charge in [-0.3, -0.25) is 4.79 Å². The van der Waals surface area contributed by atoms with Crippen molar-refractivity contribution in [3.05, 3.63) is 58.9 Å². The normalized spacial score (nSPS) is 10.5. The molecule has 0 bridgehead atoms. The molecule has 98 valence electrons. The maximum Gasteiger partial charge on any atom is 0.176 e. The van der Waals surface area contributed by atoms with Gasteiger partial charge in [-0.25, -0.2) is 4.39 Å². The second-order valence-electron chi connectivity index (χ2n) is 4.59. The Morgan fingerprint density at radius 3 is 2.53 bits per heavy atom. The summed E-state index contributed by atoms with van der Waals surface area (Å²) in [4.78, 5) is 11.6. The number of hydrogen-bond donors (Lipinski definition) is 1. The lowest BCUT2D eigenvalue weighted by molar-refractivity contribution is 0.100. The Kier molecular flexibility index (Phi) is 3.76. The molecule has 2 aromatic rings. The number of carbonyl (C=O) groups is 1. The number of hydrogen-bond acceptors (Lipinski definition) is 2. The maximum atomic E-state index is 14.2. The average molecular weight is 257 g/mol. The van der Waals surface area contributed by atoms with Crippen LogP contribution in [-0.2, 0) is 0 Å². The number of Topliss-reactive ketones (excluding diaryl/α,β-unsaturated/α-hetero) is 1. The molecular weight excluding hydrogens is 241 g/mol. The number of aryl methyl sites for hydroxylation is 2. The van der Waals surface area contributed by atoms with Gasteiger partial charge < -0.3 is 5.73 Å². The Hall–Kier alpha value is -2.00. The third kappa shape index (κ3) is 2.56. The van der Waals surface area contributed by atoms with Gasteiger partial charge in [0.15, 0.2) is 5.78 Å². The Bertz CT molecular complexity index is 635. The van der Waals surface area contributed by atoms with Gasteiger partial charge in [-0.1, -0.05) is 30.3 Å². The average Bonchev–Trinajstić information content (AvgIpc) is 2.42. The molecule has 2 nitrogen and oxygen atoms in total. The Balaban J connectivity index is 2.61. The Morgan fingerprint density at radius 1 is 1.11 bits per heavy atom. The predicted molar refractivity (Wildman–Crippen MR) is 74.7 cm³/mol. The van der Waals surface area contributed by atoms with Crippen LogP contribution in [0.3, 0.4) is 0 Å². The van der Waals surface area contributed by atoms with E-state index < -0.39 is 0 Å². The van der Waals surface area contributed by atoms with E-state index in [-0.39, 0.29) is 18.1 Å². The molecule has 0 unspecified atom stereocenters. The standard InChI is InChI=1S/C16H16FNO/c1-10-6-7-12(15(19)9-18)8-14(10)13-5-3-4-11(2)16(13)17/h3-8H,9,18H2,1-2H3. The van der Waals surface area contributed by atoms with Crippen molar-refractivity contribution < 1.29 is 9.18 Å². The molecule has 19 heavy (non-hydrogen) atoms. The van der Waals surface area contributed by atoms with E-state index in [0.29, 0.717) is 16.7 Å². The van der Waals surface area contributed by atoms with Crippen LogP contribution in [0.1, 0.15) is 21.5 Å². The van der Waals surface area contributed by atoms with Crippen molar-refractivity contribution in [2.45, 2.75) is 13.8 Å². The van der Waals surface area contributed by atoms with Gasteiger partial charge in [0.1, 0.15) is 5.82 Å². The molecule has 0 aliphatic carbocycles. The molecule has 0 aromatic heterocycles. The fraction of sp³-hybridized carbons (Fsp3) is 0.188. The number of rotatable bonds is 3. The van der Waals surface area contributed by atoms with Crippen molar-refractivity contribution in [1.82, 2.24) is 0 Å². The van der Waals surface area contributed by atoms with Crippen LogP contribution in [0.2, 0.25) is 0 Å². The van der Waals surface area contributed by atoms with Crippen LogP contribution >= 0.6 is 0 Å². The summed E-state index contributed by atoms with van der Waals surface area (Å²) in [5, 5.41) is 0. The number of benzene rings is 2. The Morgan fingerprint density at radius 2 is 1.84 bits per heavy atom. The molecule has 3 heteroatoms. The van der Waals surface area contributed by atoms with Crippen LogP contribution in [0.4, 0.5) is 4.39 Å². The highest BCUT2D eigenvalue weighted by molar-refractivity contribution is 5.98. The van der Waals surface area contributed by atoms with E-state index >= 15 is 0 Å². The zero-order chi connectivity index (χ0) is 14.0. The highest BCUT2D eigenvalue weighted by Crippen LogP contribution is 2.28. The van der Waals surface area contributed by atoms with Crippen LogP contribution in [-0.4, -0.2) is 12.3 Å². The van der Waals surface area contributed by atoms with Crippen LogP contribution in [0, 0.1) is 19.7 Å². The van der Waals surface area contributed by atoms with Crippen LogP contribution in [0.5, 0.6) is 0 Å². The highest BCUT2D eigenvalue weighted by atomic mass is 19.1. The highest BCUT2D eigenvalue weighted by Gasteiger charge is 2.12. The minimum absolute atomic E-state index is 0.0429. The first-order valence-corrected chi connectivity index (χ1v) is 6.14. The topological polar surface area (TPSA) is 43.1 Å². The molecule has 0 saturated carbocycles. The van der Waals surface area contributed by atoms with Gasteiger partial charge in [0.2, 0.25) is 0 Å². The lowest BCUT2D eigenvalue weighted by Crippen LogP contribution is -2.13. The summed E-state index contributed by atoms with van der Waals surface area (Å²) in [5.41, 5.74) is 8.65. The van der Waals surface area contributed by atoms with E-state index in [1.165, 1.54) is 0 Å². The summed E-state index contributed by atoms with van der Waals surface area (Å²) >= 11 is 0. The molecule has 2 N–H and O–H groups in total. The zero-order valence-corrected chi connectivity index (χ0v) is 11.0. The number of ketones is 1. The van der Waals surface area contributed by atoms with Gasteiger partial charge in [0, 0.05) is 11.1 Å². The smallest absolute Gasteiger partial charge is 0.176 e. The van der Waals surface area contributed by atoms with E-state index in [0.717, 1.165) is 11.1 Å². The first-order chi connectivity index (χ1) is 9.04. The van der Waals surface area contributed by atoms with Gasteiger partial charge in [-0.15, -0.1) is 0 Å². The molecule has 0 aliphatic heterocycles. The second kappa shape index (κ2) is 5.33. The number of carbonyl (C=O) groups excluding carboxylic acids is 1. The van der Waals surface area contributed by atoms with E-state index in [9.17, 15) is 9.18 Å². The van der Waals surface area contributed by atoms with Gasteiger partial charge in [0.05, 0.1) is 6.54 Å². The van der Waals surface area contributed by atoms with Crippen LogP contribution in [0.25, 0.3) is 11.1 Å². The van der Waals surface area contributed by atoms with Crippen molar-refractivity contribution in [2.75, 3.05) is 6.54 Å². The van der Waals surface area contributed by atoms with E-state index in [1.54, 1.807) is 31.2 Å². The minimum atomic E-state index is -0.247. The predicted octanol–water partition coefficient (Wildman–Crippen LogP) is 3.25. The molecule has 0 fully saturated rings. The van der Waals surface area contributed by atoms with Crippen molar-refractivity contribution >= 4 is 5.78 Å². The molecule has 0 radical (unpaired) electrons. The lowest BCUT2D eigenvalue weighted by atomic mass is 9.95. The molecule has 2 rings (SSSR count). The fourth-order valence-corrected chi connectivity index (χ4v) is 2.06. The van der Waals surface area contributed by atoms with Crippen molar-refractivity contribution in [1.29, 1.82) is 0 Å². The molecule has 0 amide bonds. The molecule has 0 heterocycles. The van der Waals surface area contributed by atoms with Gasteiger partial charge in [-0.2, -0.15) is 0 Å². The molecule has 2 aromatic carbocycles. The van der Waals surface area contributed by atoms with Crippen LogP contribution < -0.4 is 5.73 Å². The minimum Gasteiger partial charge on any atom is -0.324 e. The third-order valence-corrected chi connectivity index (χ3v) is 3.23. The lowest BCUT2D eigenvalue weighted by Gasteiger charge is -2.10. The summed E-state index contributed by atoms with van der Waals surface area (Å²) in [5.74, 6) is -0.391. The van der Waals surface area contributed by atoms with Crippen LogP contribution in [0.15, 0.2) is 36.4 Å². The molecule has 0 aliphatic rings. The summed E-state index contributed by atoms with van der Waals surface area (Å²) in [7, 11) is 0. The van der Waals surface area contributed by atoms with Gasteiger partial charge in [0.25, 0.3) is 0 Å². The number of halogens is 1. The third-order valence-electron chi connectivity index (χ3n) is 3.23. The Labute approximate surface area is 112 Å². The summed E-state index contributed by atoms with van der Waals surface area (Å²) in [6, 6.07) is 10.5. The first kappa shape index (κ1) is 13.4. The van der Waals surface area contributed by atoms with Crippen molar-refractivity contribution in [2.24, 2.45) is 5.73 Å². The zero-order valence-electron chi connectivity index (χ0n) is 11.0. The van der Waals surface area contributed by atoms with Crippen molar-refractivity contribution in [3.63, 3.8) is 0 Å². The maximum absolute atomic E-state index is 14.2.